The van der Waals surface area contributed by atoms with Crippen molar-refractivity contribution < 1.29 is 0 Å². The van der Waals surface area contributed by atoms with Gasteiger partial charge in [0.25, 0.3) is 0 Å². The highest BCUT2D eigenvalue weighted by Crippen LogP contribution is 2.37. The van der Waals surface area contributed by atoms with Gasteiger partial charge < -0.3 is 5.73 Å². The lowest BCUT2D eigenvalue weighted by Crippen LogP contribution is -1.96. The summed E-state index contributed by atoms with van der Waals surface area (Å²) >= 11 is 0. The van der Waals surface area contributed by atoms with E-state index in [4.69, 9.17) is 5.73 Å². The minimum Gasteiger partial charge on any atom is -0.398 e. The van der Waals surface area contributed by atoms with E-state index in [9.17, 15) is 0 Å². The Kier molecular flexibility index (Phi) is 3.26. The molecule has 20 heavy (non-hydrogen) atoms. The van der Waals surface area contributed by atoms with Gasteiger partial charge in [-0.3, -0.25) is 0 Å². The van der Waals surface area contributed by atoms with Crippen LogP contribution in [0.1, 0.15) is 5.56 Å². The van der Waals surface area contributed by atoms with Crippen LogP contribution in [0.25, 0.3) is 22.3 Å². The molecule has 0 aliphatic rings. The quantitative estimate of drug-likeness (QED) is 0.650. The molecule has 0 fully saturated rings. The van der Waals surface area contributed by atoms with Crippen molar-refractivity contribution >= 4 is 5.69 Å². The van der Waals surface area contributed by atoms with Crippen LogP contribution in [0.3, 0.4) is 0 Å². The van der Waals surface area contributed by atoms with Crippen molar-refractivity contribution in [3.8, 4) is 22.3 Å². The van der Waals surface area contributed by atoms with E-state index in [0.29, 0.717) is 0 Å². The molecule has 0 amide bonds. The van der Waals surface area contributed by atoms with Gasteiger partial charge in [0.15, 0.2) is 0 Å². The first kappa shape index (κ1) is 12.5. The minimum atomic E-state index is 0.859. The van der Waals surface area contributed by atoms with E-state index in [1.165, 1.54) is 11.1 Å². The first-order valence-electron chi connectivity index (χ1n) is 6.77. The maximum absolute atomic E-state index is 6.35. The molecule has 0 aliphatic heterocycles. The molecule has 0 spiro atoms. The van der Waals surface area contributed by atoms with E-state index < -0.39 is 0 Å². The van der Waals surface area contributed by atoms with Crippen molar-refractivity contribution in [2.45, 2.75) is 6.92 Å². The third kappa shape index (κ3) is 2.19. The molecule has 0 heterocycles. The lowest BCUT2D eigenvalue weighted by Gasteiger charge is -2.15. The number of benzene rings is 3. The van der Waals surface area contributed by atoms with Gasteiger partial charge >= 0.3 is 0 Å². The fraction of sp³-hybridized carbons (Fsp3) is 0.0526. The molecule has 2 N–H and O–H groups in total. The summed E-state index contributed by atoms with van der Waals surface area (Å²) in [5.41, 5.74) is 13.0. The molecule has 1 nitrogen and oxygen atoms in total. The van der Waals surface area contributed by atoms with E-state index in [1.54, 1.807) is 0 Å². The molecule has 3 aromatic rings. The Balaban J connectivity index is 2.29. The summed E-state index contributed by atoms with van der Waals surface area (Å²) in [6.07, 6.45) is 0. The second-order valence-electron chi connectivity index (χ2n) is 4.95. The average molecular weight is 259 g/mol. The first-order chi connectivity index (χ1) is 9.77. The van der Waals surface area contributed by atoms with Gasteiger partial charge in [-0.15, -0.1) is 0 Å². The molecule has 0 aromatic heterocycles. The van der Waals surface area contributed by atoms with Crippen LogP contribution in [0.2, 0.25) is 0 Å². The van der Waals surface area contributed by atoms with Crippen LogP contribution >= 0.6 is 0 Å². The number of rotatable bonds is 2. The minimum absolute atomic E-state index is 0.859. The number of nitrogen functional groups attached to an aromatic ring is 1. The van der Waals surface area contributed by atoms with E-state index in [-0.39, 0.29) is 0 Å². The highest BCUT2D eigenvalue weighted by Gasteiger charge is 2.12. The molecule has 0 saturated heterocycles. The fourth-order valence-corrected chi connectivity index (χ4v) is 2.50. The zero-order valence-electron chi connectivity index (χ0n) is 11.5. The molecular formula is C19H17N. The Labute approximate surface area is 119 Å². The van der Waals surface area contributed by atoms with Crippen molar-refractivity contribution in [1.29, 1.82) is 0 Å². The van der Waals surface area contributed by atoms with E-state index >= 15 is 0 Å². The highest BCUT2D eigenvalue weighted by molar-refractivity contribution is 5.92. The fourth-order valence-electron chi connectivity index (χ4n) is 2.50. The standard InChI is InChI=1S/C19H17N/c1-14-12-13-17(15-8-4-2-5-9-15)18(19(14)20)16-10-6-3-7-11-16/h2-13H,20H2,1H3. The number of anilines is 1. The van der Waals surface area contributed by atoms with Crippen molar-refractivity contribution in [1.82, 2.24) is 0 Å². The molecule has 0 unspecified atom stereocenters. The molecule has 0 aliphatic carbocycles. The van der Waals surface area contributed by atoms with Gasteiger partial charge in [-0.1, -0.05) is 72.8 Å². The summed E-state index contributed by atoms with van der Waals surface area (Å²) in [6, 6.07) is 25.0. The molecule has 0 bridgehead atoms. The third-order valence-corrected chi connectivity index (χ3v) is 3.61. The van der Waals surface area contributed by atoms with Gasteiger partial charge in [-0.05, 0) is 29.2 Å². The second kappa shape index (κ2) is 5.22. The SMILES string of the molecule is Cc1ccc(-c2ccccc2)c(-c2ccccc2)c1N. The van der Waals surface area contributed by atoms with Crippen LogP contribution in [-0.2, 0) is 0 Å². The van der Waals surface area contributed by atoms with Gasteiger partial charge in [-0.25, -0.2) is 0 Å². The Hall–Kier alpha value is -2.54. The average Bonchev–Trinajstić information content (AvgIpc) is 2.51. The van der Waals surface area contributed by atoms with Crippen LogP contribution in [0.4, 0.5) is 5.69 Å². The van der Waals surface area contributed by atoms with Crippen molar-refractivity contribution in [2.24, 2.45) is 0 Å². The van der Waals surface area contributed by atoms with Crippen molar-refractivity contribution in [3.05, 3.63) is 78.4 Å². The highest BCUT2D eigenvalue weighted by atomic mass is 14.6. The summed E-state index contributed by atoms with van der Waals surface area (Å²) in [5.74, 6) is 0. The molecular weight excluding hydrogens is 242 g/mol. The summed E-state index contributed by atoms with van der Waals surface area (Å²) in [6.45, 7) is 2.05. The Morgan fingerprint density at radius 3 is 1.80 bits per heavy atom. The third-order valence-electron chi connectivity index (χ3n) is 3.61. The summed E-state index contributed by atoms with van der Waals surface area (Å²) < 4.78 is 0. The Bertz CT molecular complexity index is 716. The van der Waals surface area contributed by atoms with Crippen molar-refractivity contribution in [2.75, 3.05) is 5.73 Å². The monoisotopic (exact) mass is 259 g/mol. The largest absolute Gasteiger partial charge is 0.398 e. The summed E-state index contributed by atoms with van der Waals surface area (Å²) in [7, 11) is 0. The number of hydrogen-bond donors (Lipinski definition) is 1. The zero-order valence-corrected chi connectivity index (χ0v) is 11.5. The Morgan fingerprint density at radius 1 is 0.650 bits per heavy atom. The maximum Gasteiger partial charge on any atom is 0.0429 e. The molecule has 3 aromatic carbocycles. The number of hydrogen-bond acceptors (Lipinski definition) is 1. The summed E-state index contributed by atoms with van der Waals surface area (Å²) in [4.78, 5) is 0. The van der Waals surface area contributed by atoms with Crippen molar-refractivity contribution in [3.63, 3.8) is 0 Å². The second-order valence-corrected chi connectivity index (χ2v) is 4.95. The molecule has 0 radical (unpaired) electrons. The molecule has 0 saturated carbocycles. The van der Waals surface area contributed by atoms with Crippen LogP contribution in [0.5, 0.6) is 0 Å². The van der Waals surface area contributed by atoms with E-state index in [0.717, 1.165) is 22.4 Å². The predicted molar refractivity (Wildman–Crippen MR) is 86.5 cm³/mol. The number of nitrogens with two attached hydrogens (primary N) is 1. The van der Waals surface area contributed by atoms with Gasteiger partial charge in [0.05, 0.1) is 0 Å². The topological polar surface area (TPSA) is 26.0 Å². The lowest BCUT2D eigenvalue weighted by molar-refractivity contribution is 1.46. The van der Waals surface area contributed by atoms with E-state index in [2.05, 4.69) is 55.5 Å². The van der Waals surface area contributed by atoms with Crippen LogP contribution in [0, 0.1) is 6.92 Å². The Morgan fingerprint density at radius 2 is 1.20 bits per heavy atom. The van der Waals surface area contributed by atoms with Crippen LogP contribution in [-0.4, -0.2) is 0 Å². The summed E-state index contributed by atoms with van der Waals surface area (Å²) in [5, 5.41) is 0. The molecule has 98 valence electrons. The van der Waals surface area contributed by atoms with Crippen LogP contribution in [0.15, 0.2) is 72.8 Å². The zero-order chi connectivity index (χ0) is 13.9. The molecule has 1 heteroatoms. The number of aryl methyl sites for hydroxylation is 1. The van der Waals surface area contributed by atoms with Gasteiger partial charge in [0.2, 0.25) is 0 Å². The predicted octanol–water partition coefficient (Wildman–Crippen LogP) is 4.91. The maximum atomic E-state index is 6.35. The van der Waals surface area contributed by atoms with Gasteiger partial charge in [-0.2, -0.15) is 0 Å². The van der Waals surface area contributed by atoms with Crippen LogP contribution < -0.4 is 5.73 Å². The van der Waals surface area contributed by atoms with E-state index in [1.807, 2.05) is 24.3 Å². The smallest absolute Gasteiger partial charge is 0.0429 e. The lowest BCUT2D eigenvalue weighted by atomic mass is 9.91. The normalized spacial score (nSPS) is 10.4. The first-order valence-corrected chi connectivity index (χ1v) is 6.77. The van der Waals surface area contributed by atoms with Gasteiger partial charge in [0.1, 0.15) is 0 Å². The molecule has 3 rings (SSSR count). The van der Waals surface area contributed by atoms with Gasteiger partial charge in [0, 0.05) is 11.3 Å². The molecule has 0 atom stereocenters.